The van der Waals surface area contributed by atoms with Crippen LogP contribution in [0.3, 0.4) is 0 Å². The number of carbonyl (C=O) groups is 2. The number of halogens is 2. The maximum Gasteiger partial charge on any atom is 0.326 e. The number of anilines is 3. The van der Waals surface area contributed by atoms with Gasteiger partial charge >= 0.3 is 6.03 Å². The maximum atomic E-state index is 11.8. The van der Waals surface area contributed by atoms with E-state index in [9.17, 15) is 9.59 Å². The van der Waals surface area contributed by atoms with Gasteiger partial charge in [0.15, 0.2) is 11.5 Å². The number of nitrogens with one attached hydrogen (secondary N) is 4. The topological polar surface area (TPSA) is 130 Å². The van der Waals surface area contributed by atoms with Crippen molar-refractivity contribution in [3.05, 3.63) is 40.4 Å². The first-order chi connectivity index (χ1) is 13.8. The molecule has 9 nitrogen and oxygen atoms in total. The fraction of sp³-hybridized carbons (Fsp3) is 0.111. The third kappa shape index (κ3) is 4.51. The molecule has 0 radical (unpaired) electrons. The van der Waals surface area contributed by atoms with E-state index < -0.39 is 17.6 Å². The molecule has 1 aliphatic rings. The van der Waals surface area contributed by atoms with Crippen LogP contribution in [0.5, 0.6) is 11.5 Å². The molecular weight excluding hydrogens is 419 g/mol. The van der Waals surface area contributed by atoms with Crippen LogP contribution in [0.1, 0.15) is 0 Å². The Labute approximate surface area is 175 Å². The van der Waals surface area contributed by atoms with Crippen LogP contribution in [0.4, 0.5) is 21.9 Å². The molecule has 1 heterocycles. The van der Waals surface area contributed by atoms with Crippen molar-refractivity contribution in [2.24, 2.45) is 0 Å². The van der Waals surface area contributed by atoms with Crippen LogP contribution in [-0.2, 0) is 4.79 Å². The van der Waals surface area contributed by atoms with Gasteiger partial charge in [0, 0.05) is 18.8 Å². The Bertz CT molecular complexity index is 1040. The van der Waals surface area contributed by atoms with Crippen molar-refractivity contribution >= 4 is 57.9 Å². The lowest BCUT2D eigenvalue weighted by Gasteiger charge is -2.14. The third-order valence-electron chi connectivity index (χ3n) is 3.93. The number of nitriles is 1. The number of benzene rings is 2. The van der Waals surface area contributed by atoms with Gasteiger partial charge in [-0.3, -0.25) is 15.5 Å². The van der Waals surface area contributed by atoms with E-state index in [1.165, 1.54) is 18.2 Å². The Morgan fingerprint density at radius 2 is 1.97 bits per heavy atom. The van der Waals surface area contributed by atoms with Gasteiger partial charge in [0.05, 0.1) is 28.1 Å². The smallest absolute Gasteiger partial charge is 0.326 e. The summed E-state index contributed by atoms with van der Waals surface area (Å²) in [4.78, 5) is 25.2. The van der Waals surface area contributed by atoms with E-state index in [2.05, 4.69) is 10.6 Å². The molecule has 0 saturated heterocycles. The molecule has 0 unspecified atom stereocenters. The number of fused-ring (bicyclic) bond motifs is 1. The van der Waals surface area contributed by atoms with E-state index in [0.717, 1.165) is 11.4 Å². The van der Waals surface area contributed by atoms with E-state index in [1.807, 2.05) is 29.4 Å². The molecule has 0 atom stereocenters. The molecule has 3 amide bonds. The van der Waals surface area contributed by atoms with Gasteiger partial charge < -0.3 is 20.3 Å². The van der Waals surface area contributed by atoms with Gasteiger partial charge in [-0.2, -0.15) is 5.26 Å². The summed E-state index contributed by atoms with van der Waals surface area (Å²) >= 11 is 12.5. The molecular formula is C18H14Cl2N6O3. The Kier molecular flexibility index (Phi) is 5.77. The Morgan fingerprint density at radius 1 is 1.28 bits per heavy atom. The van der Waals surface area contributed by atoms with Crippen LogP contribution in [-0.4, -0.2) is 31.4 Å². The molecule has 0 fully saturated rings. The van der Waals surface area contributed by atoms with Crippen LogP contribution in [0, 0.1) is 16.7 Å². The zero-order chi connectivity index (χ0) is 21.1. The van der Waals surface area contributed by atoms with Crippen molar-refractivity contribution in [2.75, 3.05) is 29.2 Å². The summed E-state index contributed by atoms with van der Waals surface area (Å²) in [6.07, 6.45) is 0. The third-order valence-corrected chi connectivity index (χ3v) is 4.49. The second-order valence-corrected chi connectivity index (χ2v) is 6.79. The molecule has 148 valence electrons. The van der Waals surface area contributed by atoms with E-state index >= 15 is 0 Å². The second-order valence-electron chi connectivity index (χ2n) is 5.98. The Balaban J connectivity index is 1.73. The Morgan fingerprint density at radius 3 is 2.62 bits per heavy atom. The summed E-state index contributed by atoms with van der Waals surface area (Å²) in [6, 6.07) is 8.68. The zero-order valence-corrected chi connectivity index (χ0v) is 16.5. The second kappa shape index (κ2) is 8.26. The molecule has 3 rings (SSSR count). The standard InChI is InChI=1S/C18H14Cl2N6O3/c1-26-8-23-14-6-10(2-3-15(14)26)29-16-11(19)4-9(5-12(16)20)24-18(28)25-17(27)13(22)7-21/h2-6,22-23H,8H2,1H3,(H2,24,25,27,28). The molecule has 2 aromatic carbocycles. The van der Waals surface area contributed by atoms with E-state index in [0.29, 0.717) is 12.4 Å². The van der Waals surface area contributed by atoms with Gasteiger partial charge in [-0.1, -0.05) is 23.2 Å². The van der Waals surface area contributed by atoms with Gasteiger partial charge in [0.1, 0.15) is 11.8 Å². The highest BCUT2D eigenvalue weighted by atomic mass is 35.5. The molecule has 0 bridgehead atoms. The minimum absolute atomic E-state index is 0.134. The number of ether oxygens (including phenoxy) is 1. The number of carbonyl (C=O) groups excluding carboxylic acids is 2. The highest BCUT2D eigenvalue weighted by Gasteiger charge is 2.18. The van der Waals surface area contributed by atoms with Crippen molar-refractivity contribution in [1.82, 2.24) is 5.32 Å². The van der Waals surface area contributed by atoms with E-state index in [-0.39, 0.29) is 21.5 Å². The predicted octanol–water partition coefficient (Wildman–Crippen LogP) is 3.80. The van der Waals surface area contributed by atoms with Crippen LogP contribution in [0.25, 0.3) is 0 Å². The highest BCUT2D eigenvalue weighted by molar-refractivity contribution is 6.46. The SMILES string of the molecule is CN1CNc2cc(Oc3c(Cl)cc(NC(=O)NC(=O)C(=N)C#N)cc3Cl)ccc21. The summed E-state index contributed by atoms with van der Waals surface area (Å²) in [5.74, 6) is -0.402. The first kappa shape index (κ1) is 20.3. The minimum atomic E-state index is -1.13. The maximum absolute atomic E-state index is 11.8. The summed E-state index contributed by atoms with van der Waals surface area (Å²) in [7, 11) is 1.96. The number of urea groups is 1. The van der Waals surface area contributed by atoms with Crippen LogP contribution >= 0.6 is 23.2 Å². The molecule has 2 aromatic rings. The van der Waals surface area contributed by atoms with Gasteiger partial charge in [-0.15, -0.1) is 0 Å². The first-order valence-electron chi connectivity index (χ1n) is 8.15. The van der Waals surface area contributed by atoms with E-state index in [1.54, 1.807) is 6.07 Å². The van der Waals surface area contributed by atoms with Crippen LogP contribution < -0.4 is 25.6 Å². The van der Waals surface area contributed by atoms with Crippen LogP contribution in [0.15, 0.2) is 30.3 Å². The van der Waals surface area contributed by atoms with Crippen molar-refractivity contribution in [3.8, 4) is 17.6 Å². The molecule has 0 saturated carbocycles. The summed E-state index contributed by atoms with van der Waals surface area (Å²) < 4.78 is 5.80. The lowest BCUT2D eigenvalue weighted by Crippen LogP contribution is -2.38. The lowest BCUT2D eigenvalue weighted by molar-refractivity contribution is -0.113. The summed E-state index contributed by atoms with van der Waals surface area (Å²) in [5, 5.41) is 23.2. The molecule has 1 aliphatic heterocycles. The number of nitrogens with zero attached hydrogens (tertiary/aromatic N) is 2. The number of rotatable bonds is 4. The largest absolute Gasteiger partial charge is 0.454 e. The highest BCUT2D eigenvalue weighted by Crippen LogP contribution is 2.41. The zero-order valence-electron chi connectivity index (χ0n) is 15.0. The Hall–Kier alpha value is -3.48. The fourth-order valence-corrected chi connectivity index (χ4v) is 3.13. The summed E-state index contributed by atoms with van der Waals surface area (Å²) in [5.41, 5.74) is 1.26. The lowest BCUT2D eigenvalue weighted by atomic mass is 10.2. The fourth-order valence-electron chi connectivity index (χ4n) is 2.57. The number of imide groups is 1. The average molecular weight is 433 g/mol. The molecule has 0 aromatic heterocycles. The predicted molar refractivity (Wildman–Crippen MR) is 110 cm³/mol. The van der Waals surface area contributed by atoms with Gasteiger partial charge in [0.25, 0.3) is 5.91 Å². The van der Waals surface area contributed by atoms with Gasteiger partial charge in [0.2, 0.25) is 0 Å². The van der Waals surface area contributed by atoms with Crippen molar-refractivity contribution in [1.29, 1.82) is 10.7 Å². The minimum Gasteiger partial charge on any atom is -0.454 e. The van der Waals surface area contributed by atoms with Crippen molar-refractivity contribution < 1.29 is 14.3 Å². The molecule has 29 heavy (non-hydrogen) atoms. The quantitative estimate of drug-likeness (QED) is 0.543. The molecule has 4 N–H and O–H groups in total. The normalized spacial score (nSPS) is 11.7. The number of hydrogen-bond donors (Lipinski definition) is 4. The molecule has 11 heteroatoms. The monoisotopic (exact) mass is 432 g/mol. The van der Waals surface area contributed by atoms with Gasteiger partial charge in [-0.05, 0) is 24.3 Å². The molecule has 0 aliphatic carbocycles. The average Bonchev–Trinajstić information content (AvgIpc) is 3.04. The van der Waals surface area contributed by atoms with Gasteiger partial charge in [-0.25, -0.2) is 4.79 Å². The van der Waals surface area contributed by atoms with Crippen molar-refractivity contribution in [2.45, 2.75) is 0 Å². The number of hydrogen-bond acceptors (Lipinski definition) is 7. The van der Waals surface area contributed by atoms with Crippen LogP contribution in [0.2, 0.25) is 10.0 Å². The number of amides is 3. The van der Waals surface area contributed by atoms with E-state index in [4.69, 9.17) is 38.6 Å². The first-order valence-corrected chi connectivity index (χ1v) is 8.91. The molecule has 0 spiro atoms. The summed E-state index contributed by atoms with van der Waals surface area (Å²) in [6.45, 7) is 0.694. The van der Waals surface area contributed by atoms with Crippen molar-refractivity contribution in [3.63, 3.8) is 0 Å².